The van der Waals surface area contributed by atoms with E-state index in [4.69, 9.17) is 5.73 Å². The van der Waals surface area contributed by atoms with Gasteiger partial charge in [-0.2, -0.15) is 0 Å². The molecule has 108 valence electrons. The van der Waals surface area contributed by atoms with Crippen molar-refractivity contribution in [2.45, 2.75) is 4.90 Å². The molecule has 0 saturated carbocycles. The maximum absolute atomic E-state index is 13.7. The third-order valence-corrected chi connectivity index (χ3v) is 3.01. The number of carbonyl (C=O) groups is 2. The summed E-state index contributed by atoms with van der Waals surface area (Å²) < 4.78 is 27.3. The van der Waals surface area contributed by atoms with Crippen molar-refractivity contribution in [2.75, 3.05) is 4.90 Å². The molecule has 0 spiro atoms. The van der Waals surface area contributed by atoms with Crippen LogP contribution in [0.5, 0.6) is 0 Å². The van der Waals surface area contributed by atoms with Gasteiger partial charge in [0.25, 0.3) is 5.91 Å². The molecule has 21 heavy (non-hydrogen) atoms. The van der Waals surface area contributed by atoms with Crippen LogP contribution in [-0.2, 0) is 0 Å². The van der Waals surface area contributed by atoms with Gasteiger partial charge in [-0.25, -0.2) is 18.5 Å². The maximum Gasteiger partial charge on any atom is 0.326 e. The molecule has 0 fully saturated rings. The van der Waals surface area contributed by atoms with Gasteiger partial charge in [-0.15, -0.1) is 12.6 Å². The van der Waals surface area contributed by atoms with E-state index in [-0.39, 0.29) is 5.69 Å². The number of carbonyl (C=O) groups excluding carboxylic acids is 2. The average molecular weight is 308 g/mol. The standard InChI is InChI=1S/C14H10F2N2O2S/c15-10-2-1-3-11(16)12(10)13(19)18(14(17)20)8-4-6-9(21)7-5-8/h1-7,21H,(H2,17,20). The van der Waals surface area contributed by atoms with Gasteiger partial charge in [0, 0.05) is 4.90 Å². The van der Waals surface area contributed by atoms with Gasteiger partial charge in [0.1, 0.15) is 17.2 Å². The molecular formula is C14H10F2N2O2S. The number of nitrogens with two attached hydrogens (primary N) is 1. The number of halogens is 2. The fourth-order valence-electron chi connectivity index (χ4n) is 1.76. The Morgan fingerprint density at radius 2 is 1.52 bits per heavy atom. The van der Waals surface area contributed by atoms with Crippen LogP contribution < -0.4 is 10.6 Å². The summed E-state index contributed by atoms with van der Waals surface area (Å²) in [5.74, 6) is -3.32. The lowest BCUT2D eigenvalue weighted by molar-refractivity contribution is 0.0987. The van der Waals surface area contributed by atoms with Crippen LogP contribution in [0.2, 0.25) is 0 Å². The number of rotatable bonds is 2. The van der Waals surface area contributed by atoms with Crippen molar-refractivity contribution in [1.29, 1.82) is 0 Å². The quantitative estimate of drug-likeness (QED) is 0.838. The van der Waals surface area contributed by atoms with Gasteiger partial charge in [0.2, 0.25) is 0 Å². The second-order valence-corrected chi connectivity index (χ2v) is 4.61. The Bertz CT molecular complexity index is 684. The van der Waals surface area contributed by atoms with Gasteiger partial charge in [-0.05, 0) is 36.4 Å². The molecule has 0 saturated heterocycles. The van der Waals surface area contributed by atoms with Gasteiger partial charge >= 0.3 is 6.03 Å². The first-order chi connectivity index (χ1) is 9.91. The number of amides is 3. The second-order valence-electron chi connectivity index (χ2n) is 4.09. The van der Waals surface area contributed by atoms with Crippen LogP contribution in [0.1, 0.15) is 10.4 Å². The number of hydrogen-bond donors (Lipinski definition) is 2. The molecule has 7 heteroatoms. The molecule has 0 aliphatic heterocycles. The lowest BCUT2D eigenvalue weighted by Crippen LogP contribution is -2.41. The van der Waals surface area contributed by atoms with E-state index >= 15 is 0 Å². The fraction of sp³-hybridized carbons (Fsp3) is 0. The number of urea groups is 1. The lowest BCUT2D eigenvalue weighted by atomic mass is 10.1. The van der Waals surface area contributed by atoms with Crippen molar-refractivity contribution in [1.82, 2.24) is 0 Å². The minimum Gasteiger partial charge on any atom is -0.351 e. The average Bonchev–Trinajstić information content (AvgIpc) is 2.40. The Kier molecular flexibility index (Phi) is 4.23. The molecule has 0 aliphatic rings. The van der Waals surface area contributed by atoms with E-state index in [9.17, 15) is 18.4 Å². The van der Waals surface area contributed by atoms with Crippen LogP contribution in [0.25, 0.3) is 0 Å². The minimum absolute atomic E-state index is 0.0907. The molecule has 0 radical (unpaired) electrons. The first kappa shape index (κ1) is 15.0. The van der Waals surface area contributed by atoms with E-state index < -0.39 is 29.1 Å². The number of anilines is 1. The molecule has 0 heterocycles. The van der Waals surface area contributed by atoms with E-state index in [0.717, 1.165) is 18.2 Å². The van der Waals surface area contributed by atoms with Crippen molar-refractivity contribution in [3.8, 4) is 0 Å². The number of primary amides is 1. The Hall–Kier alpha value is -2.41. The molecule has 0 unspecified atom stereocenters. The molecule has 0 aliphatic carbocycles. The minimum atomic E-state index is -1.18. The summed E-state index contributed by atoms with van der Waals surface area (Å²) in [5, 5.41) is 0. The van der Waals surface area contributed by atoms with Crippen LogP contribution in [0.4, 0.5) is 19.3 Å². The molecular weight excluding hydrogens is 298 g/mol. The zero-order valence-corrected chi connectivity index (χ0v) is 11.5. The molecule has 2 N–H and O–H groups in total. The molecule has 2 rings (SSSR count). The van der Waals surface area contributed by atoms with E-state index in [2.05, 4.69) is 12.6 Å². The summed E-state index contributed by atoms with van der Waals surface area (Å²) >= 11 is 4.07. The van der Waals surface area contributed by atoms with Gasteiger partial charge in [0.15, 0.2) is 0 Å². The molecule has 4 nitrogen and oxygen atoms in total. The number of imide groups is 1. The summed E-state index contributed by atoms with van der Waals surface area (Å²) in [7, 11) is 0. The number of benzene rings is 2. The number of thiol groups is 1. The monoisotopic (exact) mass is 308 g/mol. The Balaban J connectivity index is 2.51. The molecule has 0 bridgehead atoms. The van der Waals surface area contributed by atoms with Crippen molar-refractivity contribution in [2.24, 2.45) is 5.73 Å². The van der Waals surface area contributed by atoms with E-state index in [1.165, 1.54) is 24.3 Å². The van der Waals surface area contributed by atoms with E-state index in [0.29, 0.717) is 9.80 Å². The van der Waals surface area contributed by atoms with Gasteiger partial charge in [0.05, 0.1) is 5.69 Å². The van der Waals surface area contributed by atoms with Crippen LogP contribution in [0.3, 0.4) is 0 Å². The summed E-state index contributed by atoms with van der Waals surface area (Å²) in [6.07, 6.45) is 0. The first-order valence-corrected chi connectivity index (χ1v) is 6.23. The van der Waals surface area contributed by atoms with E-state index in [1.54, 1.807) is 0 Å². The van der Waals surface area contributed by atoms with Crippen LogP contribution in [0.15, 0.2) is 47.4 Å². The lowest BCUT2D eigenvalue weighted by Gasteiger charge is -2.19. The summed E-state index contributed by atoms with van der Waals surface area (Å²) in [4.78, 5) is 24.8. The largest absolute Gasteiger partial charge is 0.351 e. The first-order valence-electron chi connectivity index (χ1n) is 5.78. The summed E-state index contributed by atoms with van der Waals surface area (Å²) in [6, 6.07) is 7.63. The topological polar surface area (TPSA) is 63.4 Å². The van der Waals surface area contributed by atoms with Crippen molar-refractivity contribution < 1.29 is 18.4 Å². The Morgan fingerprint density at radius 3 is 2.00 bits per heavy atom. The molecule has 2 aromatic carbocycles. The third-order valence-electron chi connectivity index (χ3n) is 2.71. The molecule has 2 aromatic rings. The zero-order chi connectivity index (χ0) is 15.6. The SMILES string of the molecule is NC(=O)N(C(=O)c1c(F)cccc1F)c1ccc(S)cc1. The highest BCUT2D eigenvalue weighted by Crippen LogP contribution is 2.22. The highest BCUT2D eigenvalue weighted by molar-refractivity contribution is 7.80. The van der Waals surface area contributed by atoms with Crippen molar-refractivity contribution in [3.63, 3.8) is 0 Å². The van der Waals surface area contributed by atoms with Crippen molar-refractivity contribution in [3.05, 3.63) is 59.7 Å². The highest BCUT2D eigenvalue weighted by Gasteiger charge is 2.27. The summed E-state index contributed by atoms with van der Waals surface area (Å²) in [5.41, 5.74) is 4.40. The van der Waals surface area contributed by atoms with Crippen molar-refractivity contribution >= 4 is 30.3 Å². The van der Waals surface area contributed by atoms with Gasteiger partial charge < -0.3 is 5.73 Å². The Morgan fingerprint density at radius 1 is 1.00 bits per heavy atom. The Labute approximate surface area is 124 Å². The summed E-state index contributed by atoms with van der Waals surface area (Å²) in [6.45, 7) is 0. The van der Waals surface area contributed by atoms with Gasteiger partial charge in [-0.1, -0.05) is 6.07 Å². The van der Waals surface area contributed by atoms with Crippen LogP contribution >= 0.6 is 12.6 Å². The fourth-order valence-corrected chi connectivity index (χ4v) is 1.91. The van der Waals surface area contributed by atoms with Crippen LogP contribution in [0, 0.1) is 11.6 Å². The number of hydrogen-bond acceptors (Lipinski definition) is 3. The predicted octanol–water partition coefficient (Wildman–Crippen LogP) is 2.98. The second kappa shape index (κ2) is 5.92. The molecule has 0 atom stereocenters. The van der Waals surface area contributed by atoms with Crippen LogP contribution in [-0.4, -0.2) is 11.9 Å². The molecule has 0 aromatic heterocycles. The predicted molar refractivity (Wildman–Crippen MR) is 76.4 cm³/mol. The molecule has 3 amide bonds. The number of nitrogens with zero attached hydrogens (tertiary/aromatic N) is 1. The maximum atomic E-state index is 13.7. The third kappa shape index (κ3) is 3.03. The highest BCUT2D eigenvalue weighted by atomic mass is 32.1. The zero-order valence-electron chi connectivity index (χ0n) is 10.6. The normalized spacial score (nSPS) is 10.2. The van der Waals surface area contributed by atoms with E-state index in [1.807, 2.05) is 0 Å². The smallest absolute Gasteiger partial charge is 0.326 e. The van der Waals surface area contributed by atoms with Gasteiger partial charge in [-0.3, -0.25) is 4.79 Å².